The second kappa shape index (κ2) is 9.18. The number of esters is 2. The molecule has 4 heteroatoms. The molecule has 0 spiro atoms. The number of hydrogen-bond acceptors (Lipinski definition) is 4. The maximum atomic E-state index is 12.5. The van der Waals surface area contributed by atoms with Crippen LogP contribution in [0.2, 0.25) is 0 Å². The van der Waals surface area contributed by atoms with Crippen molar-refractivity contribution in [1.29, 1.82) is 0 Å². The normalized spacial score (nSPS) is 13.9. The Kier molecular flexibility index (Phi) is 6.42. The minimum absolute atomic E-state index is 0.173. The first-order valence-electron chi connectivity index (χ1n) is 9.13. The van der Waals surface area contributed by atoms with Crippen molar-refractivity contribution in [2.75, 3.05) is 0 Å². The van der Waals surface area contributed by atoms with E-state index in [0.717, 1.165) is 30.4 Å². The van der Waals surface area contributed by atoms with Crippen LogP contribution in [0.15, 0.2) is 60.7 Å². The van der Waals surface area contributed by atoms with Crippen LogP contribution in [0.3, 0.4) is 0 Å². The van der Waals surface area contributed by atoms with E-state index < -0.39 is 17.9 Å². The van der Waals surface area contributed by atoms with Crippen molar-refractivity contribution in [3.8, 4) is 0 Å². The lowest BCUT2D eigenvalue weighted by Crippen LogP contribution is -2.31. The van der Waals surface area contributed by atoms with Gasteiger partial charge in [-0.2, -0.15) is 0 Å². The van der Waals surface area contributed by atoms with Crippen molar-refractivity contribution < 1.29 is 19.1 Å². The third-order valence-corrected chi connectivity index (χ3v) is 4.81. The van der Waals surface area contributed by atoms with Crippen LogP contribution in [-0.2, 0) is 32.3 Å². The lowest BCUT2D eigenvalue weighted by atomic mass is 9.79. The summed E-state index contributed by atoms with van der Waals surface area (Å²) in [6, 6.07) is 18.9. The minimum atomic E-state index is -0.840. The summed E-state index contributed by atoms with van der Waals surface area (Å²) in [5.41, 5.74) is 1.81. The highest BCUT2D eigenvalue weighted by Gasteiger charge is 2.34. The molecule has 0 bridgehead atoms. The second-order valence-electron chi connectivity index (χ2n) is 6.77. The monoisotopic (exact) mass is 352 g/mol. The van der Waals surface area contributed by atoms with Gasteiger partial charge in [0.25, 0.3) is 0 Å². The molecule has 0 heterocycles. The SMILES string of the molecule is O=C(OCc1ccccc1)C(CC1CCC1)C(=O)OCc1ccccc1. The summed E-state index contributed by atoms with van der Waals surface area (Å²) in [6.07, 6.45) is 3.81. The number of carbonyl (C=O) groups excluding carboxylic acids is 2. The fourth-order valence-corrected chi connectivity index (χ4v) is 3.01. The summed E-state index contributed by atoms with van der Waals surface area (Å²) in [7, 11) is 0. The molecule has 0 radical (unpaired) electrons. The predicted octanol–water partition coefficient (Wildman–Crippen LogP) is 4.28. The Morgan fingerprint density at radius 2 is 1.27 bits per heavy atom. The second-order valence-corrected chi connectivity index (χ2v) is 6.77. The van der Waals surface area contributed by atoms with E-state index >= 15 is 0 Å². The average molecular weight is 352 g/mol. The lowest BCUT2D eigenvalue weighted by Gasteiger charge is -2.28. The third kappa shape index (κ3) is 5.19. The molecule has 2 aromatic carbocycles. The highest BCUT2D eigenvalue weighted by atomic mass is 16.6. The lowest BCUT2D eigenvalue weighted by molar-refractivity contribution is -0.165. The Morgan fingerprint density at radius 3 is 1.65 bits per heavy atom. The van der Waals surface area contributed by atoms with Crippen LogP contribution < -0.4 is 0 Å². The van der Waals surface area contributed by atoms with Crippen LogP contribution in [0.25, 0.3) is 0 Å². The van der Waals surface area contributed by atoms with Crippen molar-refractivity contribution in [2.45, 2.75) is 38.9 Å². The van der Waals surface area contributed by atoms with Crippen molar-refractivity contribution in [3.63, 3.8) is 0 Å². The van der Waals surface area contributed by atoms with E-state index in [2.05, 4.69) is 0 Å². The summed E-state index contributed by atoms with van der Waals surface area (Å²) in [5, 5.41) is 0. The first-order chi connectivity index (χ1) is 12.7. The van der Waals surface area contributed by atoms with Gasteiger partial charge >= 0.3 is 11.9 Å². The summed E-state index contributed by atoms with van der Waals surface area (Å²) in [6.45, 7) is 0.347. The molecule has 3 rings (SSSR count). The summed E-state index contributed by atoms with van der Waals surface area (Å²) in [5.74, 6) is -1.40. The Hall–Kier alpha value is -2.62. The molecule has 1 saturated carbocycles. The summed E-state index contributed by atoms with van der Waals surface area (Å²) < 4.78 is 10.8. The van der Waals surface area contributed by atoms with E-state index in [1.165, 1.54) is 0 Å². The zero-order valence-corrected chi connectivity index (χ0v) is 14.8. The van der Waals surface area contributed by atoms with E-state index in [1.807, 2.05) is 60.7 Å². The van der Waals surface area contributed by atoms with Crippen molar-refractivity contribution in [1.82, 2.24) is 0 Å². The molecule has 0 atom stereocenters. The van der Waals surface area contributed by atoms with Gasteiger partial charge in [-0.1, -0.05) is 79.9 Å². The highest BCUT2D eigenvalue weighted by Crippen LogP contribution is 2.33. The van der Waals surface area contributed by atoms with Crippen LogP contribution in [0.1, 0.15) is 36.8 Å². The van der Waals surface area contributed by atoms with E-state index in [4.69, 9.17) is 9.47 Å². The van der Waals surface area contributed by atoms with Gasteiger partial charge in [0.15, 0.2) is 5.92 Å². The van der Waals surface area contributed by atoms with Gasteiger partial charge in [-0.05, 0) is 23.5 Å². The van der Waals surface area contributed by atoms with E-state index in [-0.39, 0.29) is 13.2 Å². The smallest absolute Gasteiger partial charge is 0.320 e. The van der Waals surface area contributed by atoms with Gasteiger partial charge in [0.1, 0.15) is 13.2 Å². The molecule has 136 valence electrons. The van der Waals surface area contributed by atoms with Gasteiger partial charge in [0, 0.05) is 0 Å². The Labute approximate surface area is 154 Å². The Morgan fingerprint density at radius 1 is 0.808 bits per heavy atom. The number of ether oxygens (including phenoxy) is 2. The van der Waals surface area contributed by atoms with Crippen LogP contribution in [-0.4, -0.2) is 11.9 Å². The molecule has 0 amide bonds. The topological polar surface area (TPSA) is 52.6 Å². The summed E-state index contributed by atoms with van der Waals surface area (Å²) >= 11 is 0. The number of carbonyl (C=O) groups is 2. The summed E-state index contributed by atoms with van der Waals surface area (Å²) in [4.78, 5) is 25.0. The molecule has 0 saturated heterocycles. The Balaban J connectivity index is 1.57. The van der Waals surface area contributed by atoms with Gasteiger partial charge < -0.3 is 9.47 Å². The number of rotatable bonds is 8. The van der Waals surface area contributed by atoms with Crippen LogP contribution in [0, 0.1) is 11.8 Å². The standard InChI is InChI=1S/C22H24O4/c23-21(25-15-18-8-3-1-4-9-18)20(14-17-12-7-13-17)22(24)26-16-19-10-5-2-6-11-19/h1-6,8-11,17,20H,7,12-16H2. The van der Waals surface area contributed by atoms with E-state index in [1.54, 1.807) is 0 Å². The average Bonchev–Trinajstić information content (AvgIpc) is 2.65. The predicted molar refractivity (Wildman–Crippen MR) is 97.9 cm³/mol. The first kappa shape index (κ1) is 18.2. The molecule has 4 nitrogen and oxygen atoms in total. The van der Waals surface area contributed by atoms with Crippen molar-refractivity contribution in [3.05, 3.63) is 71.8 Å². The molecule has 1 fully saturated rings. The molecule has 1 aliphatic rings. The van der Waals surface area contributed by atoms with Gasteiger partial charge in [-0.3, -0.25) is 9.59 Å². The van der Waals surface area contributed by atoms with Gasteiger partial charge in [-0.25, -0.2) is 0 Å². The molecule has 26 heavy (non-hydrogen) atoms. The van der Waals surface area contributed by atoms with E-state index in [0.29, 0.717) is 12.3 Å². The molecule has 2 aromatic rings. The van der Waals surface area contributed by atoms with Crippen LogP contribution >= 0.6 is 0 Å². The van der Waals surface area contributed by atoms with E-state index in [9.17, 15) is 9.59 Å². The maximum absolute atomic E-state index is 12.5. The van der Waals surface area contributed by atoms with Crippen LogP contribution in [0.4, 0.5) is 0 Å². The minimum Gasteiger partial charge on any atom is -0.460 e. The molecular formula is C22H24O4. The molecule has 0 unspecified atom stereocenters. The zero-order chi connectivity index (χ0) is 18.2. The third-order valence-electron chi connectivity index (χ3n) is 4.81. The quantitative estimate of drug-likeness (QED) is 0.526. The van der Waals surface area contributed by atoms with Gasteiger partial charge in [-0.15, -0.1) is 0 Å². The fourth-order valence-electron chi connectivity index (χ4n) is 3.01. The molecule has 1 aliphatic carbocycles. The molecular weight excluding hydrogens is 328 g/mol. The van der Waals surface area contributed by atoms with Crippen molar-refractivity contribution in [2.24, 2.45) is 11.8 Å². The fraction of sp³-hybridized carbons (Fsp3) is 0.364. The first-order valence-corrected chi connectivity index (χ1v) is 9.13. The number of benzene rings is 2. The van der Waals surface area contributed by atoms with Gasteiger partial charge in [0.05, 0.1) is 0 Å². The highest BCUT2D eigenvalue weighted by molar-refractivity contribution is 5.94. The largest absolute Gasteiger partial charge is 0.460 e. The maximum Gasteiger partial charge on any atom is 0.320 e. The van der Waals surface area contributed by atoms with Gasteiger partial charge in [0.2, 0.25) is 0 Å². The molecule has 0 aliphatic heterocycles. The number of hydrogen-bond donors (Lipinski definition) is 0. The van der Waals surface area contributed by atoms with Crippen LogP contribution in [0.5, 0.6) is 0 Å². The zero-order valence-electron chi connectivity index (χ0n) is 14.8. The molecule has 0 aromatic heterocycles. The van der Waals surface area contributed by atoms with Crippen molar-refractivity contribution >= 4 is 11.9 Å². The Bertz CT molecular complexity index is 652. The molecule has 0 N–H and O–H groups in total.